The van der Waals surface area contributed by atoms with Crippen LogP contribution < -0.4 is 0 Å². The van der Waals surface area contributed by atoms with Gasteiger partial charge in [0, 0.05) is 25.7 Å². The monoisotopic (exact) mass is 404 g/mol. The number of sulfonamides is 1. The highest BCUT2D eigenvalue weighted by Crippen LogP contribution is 2.31. The third kappa shape index (κ3) is 4.25. The third-order valence-corrected chi connectivity index (χ3v) is 7.00. The number of halogens is 1. The first-order chi connectivity index (χ1) is 13.4. The maximum absolute atomic E-state index is 14.5. The van der Waals surface area contributed by atoms with Crippen molar-refractivity contribution in [2.24, 2.45) is 0 Å². The molecule has 1 amide bonds. The fourth-order valence-corrected chi connectivity index (χ4v) is 4.71. The number of carbonyl (C=O) groups is 1. The van der Waals surface area contributed by atoms with Crippen LogP contribution in [0.15, 0.2) is 53.4 Å². The zero-order valence-electron chi connectivity index (χ0n) is 16.1. The Balaban J connectivity index is 1.94. The Morgan fingerprint density at radius 3 is 2.29 bits per heavy atom. The Hall–Kier alpha value is -2.25. The van der Waals surface area contributed by atoms with Gasteiger partial charge in [-0.15, -0.1) is 0 Å². The number of benzene rings is 2. The lowest BCUT2D eigenvalue weighted by atomic mass is 10.1. The Bertz CT molecular complexity index is 939. The van der Waals surface area contributed by atoms with Gasteiger partial charge >= 0.3 is 0 Å². The molecule has 1 saturated carbocycles. The van der Waals surface area contributed by atoms with Gasteiger partial charge in [-0.05, 0) is 36.6 Å². The molecule has 0 saturated heterocycles. The number of carbonyl (C=O) groups excluding carboxylic acids is 1. The summed E-state index contributed by atoms with van der Waals surface area (Å²) in [4.78, 5) is 14.7. The molecule has 1 aliphatic carbocycles. The van der Waals surface area contributed by atoms with Crippen molar-refractivity contribution in [3.05, 3.63) is 65.5 Å². The molecule has 1 fully saturated rings. The molecule has 0 unspecified atom stereocenters. The first-order valence-corrected chi connectivity index (χ1v) is 11.0. The molecule has 28 heavy (non-hydrogen) atoms. The molecular weight excluding hydrogens is 379 g/mol. The van der Waals surface area contributed by atoms with E-state index in [-0.39, 0.29) is 16.5 Å². The quantitative estimate of drug-likeness (QED) is 0.675. The Labute approximate surface area is 165 Å². The molecule has 150 valence electrons. The molecule has 2 aromatic carbocycles. The molecule has 5 nitrogen and oxygen atoms in total. The zero-order valence-corrected chi connectivity index (χ0v) is 17.0. The van der Waals surface area contributed by atoms with E-state index in [0.29, 0.717) is 19.6 Å². The number of hydrogen-bond acceptors (Lipinski definition) is 3. The van der Waals surface area contributed by atoms with Crippen molar-refractivity contribution in [1.29, 1.82) is 0 Å². The van der Waals surface area contributed by atoms with Gasteiger partial charge in [0.25, 0.3) is 5.91 Å². The van der Waals surface area contributed by atoms with Crippen LogP contribution in [-0.4, -0.2) is 42.7 Å². The summed E-state index contributed by atoms with van der Waals surface area (Å²) in [6.07, 6.45) is 1.75. The highest BCUT2D eigenvalue weighted by molar-refractivity contribution is 7.89. The largest absolute Gasteiger partial charge is 0.331 e. The lowest BCUT2D eigenvalue weighted by Crippen LogP contribution is -2.34. The molecule has 0 heterocycles. The van der Waals surface area contributed by atoms with Gasteiger partial charge in [-0.25, -0.2) is 12.8 Å². The molecule has 0 radical (unpaired) electrons. The lowest BCUT2D eigenvalue weighted by Gasteiger charge is -2.24. The Kier molecular flexibility index (Phi) is 6.15. The first-order valence-electron chi connectivity index (χ1n) is 9.53. The molecule has 0 bridgehead atoms. The van der Waals surface area contributed by atoms with Crippen LogP contribution in [0.2, 0.25) is 0 Å². The van der Waals surface area contributed by atoms with Crippen molar-refractivity contribution in [2.45, 2.75) is 44.2 Å². The van der Waals surface area contributed by atoms with Gasteiger partial charge in [0.05, 0.1) is 10.5 Å². The summed E-state index contributed by atoms with van der Waals surface area (Å²) >= 11 is 0. The topological polar surface area (TPSA) is 57.7 Å². The van der Waals surface area contributed by atoms with E-state index in [4.69, 9.17) is 0 Å². The lowest BCUT2D eigenvalue weighted by molar-refractivity contribution is 0.0725. The fraction of sp³-hybridized carbons (Fsp3) is 0.381. The predicted molar refractivity (Wildman–Crippen MR) is 106 cm³/mol. The summed E-state index contributed by atoms with van der Waals surface area (Å²) in [5.41, 5.74) is 0.756. The molecule has 3 rings (SSSR count). The average Bonchev–Trinajstić information content (AvgIpc) is 3.52. The Morgan fingerprint density at radius 1 is 1.07 bits per heavy atom. The molecule has 0 atom stereocenters. The molecule has 2 aromatic rings. The van der Waals surface area contributed by atoms with Crippen LogP contribution in [0.3, 0.4) is 0 Å². The molecule has 0 aliphatic heterocycles. The smallest absolute Gasteiger partial charge is 0.257 e. The van der Waals surface area contributed by atoms with Crippen LogP contribution in [0.5, 0.6) is 0 Å². The van der Waals surface area contributed by atoms with E-state index in [0.717, 1.165) is 24.5 Å². The third-order valence-electron chi connectivity index (χ3n) is 4.96. The van der Waals surface area contributed by atoms with E-state index in [9.17, 15) is 17.6 Å². The van der Waals surface area contributed by atoms with Gasteiger partial charge in [-0.2, -0.15) is 4.31 Å². The van der Waals surface area contributed by atoms with Crippen molar-refractivity contribution in [2.75, 3.05) is 13.1 Å². The maximum atomic E-state index is 14.5. The van der Waals surface area contributed by atoms with Gasteiger partial charge in [-0.1, -0.05) is 44.2 Å². The second kappa shape index (κ2) is 8.41. The molecular formula is C21H25FN2O3S. The molecule has 1 aliphatic rings. The standard InChI is InChI=1S/C21H25FN2O3S/c1-3-23(4-2)28(26,27)18-12-13-20(22)19(14-18)21(25)24(17-10-11-17)15-16-8-6-5-7-9-16/h5-9,12-14,17H,3-4,10-11,15H2,1-2H3. The van der Waals surface area contributed by atoms with Gasteiger partial charge in [0.2, 0.25) is 10.0 Å². The maximum Gasteiger partial charge on any atom is 0.257 e. The number of amides is 1. The van der Waals surface area contributed by atoms with Crippen molar-refractivity contribution in [3.8, 4) is 0 Å². The van der Waals surface area contributed by atoms with Crippen LogP contribution in [0, 0.1) is 5.82 Å². The normalized spacial score (nSPS) is 14.3. The van der Waals surface area contributed by atoms with E-state index in [1.807, 2.05) is 30.3 Å². The van der Waals surface area contributed by atoms with Gasteiger partial charge in [-0.3, -0.25) is 4.79 Å². The average molecular weight is 405 g/mol. The number of nitrogens with zero attached hydrogens (tertiary/aromatic N) is 2. The van der Waals surface area contributed by atoms with E-state index in [1.165, 1.54) is 16.4 Å². The summed E-state index contributed by atoms with van der Waals surface area (Å²) in [5, 5.41) is 0. The van der Waals surface area contributed by atoms with E-state index < -0.39 is 21.7 Å². The van der Waals surface area contributed by atoms with E-state index in [2.05, 4.69) is 0 Å². The summed E-state index contributed by atoms with van der Waals surface area (Å²) in [5.74, 6) is -1.18. The van der Waals surface area contributed by atoms with Crippen LogP contribution in [0.4, 0.5) is 4.39 Å². The molecule has 0 aromatic heterocycles. The summed E-state index contributed by atoms with van der Waals surface area (Å²) in [7, 11) is -3.77. The number of hydrogen-bond donors (Lipinski definition) is 0. The SMILES string of the molecule is CCN(CC)S(=O)(=O)c1ccc(F)c(C(=O)N(Cc2ccccc2)C2CC2)c1. The van der Waals surface area contributed by atoms with Crippen molar-refractivity contribution in [1.82, 2.24) is 9.21 Å². The van der Waals surface area contributed by atoms with E-state index in [1.54, 1.807) is 18.7 Å². The minimum Gasteiger partial charge on any atom is -0.331 e. The highest BCUT2D eigenvalue weighted by atomic mass is 32.2. The Morgan fingerprint density at radius 2 is 1.71 bits per heavy atom. The van der Waals surface area contributed by atoms with Gasteiger partial charge in [0.15, 0.2) is 0 Å². The molecule has 0 spiro atoms. The van der Waals surface area contributed by atoms with Gasteiger partial charge < -0.3 is 4.90 Å². The number of rotatable bonds is 8. The molecule has 7 heteroatoms. The predicted octanol–water partition coefficient (Wildman–Crippen LogP) is 3.66. The van der Waals surface area contributed by atoms with Crippen LogP contribution >= 0.6 is 0 Å². The van der Waals surface area contributed by atoms with Crippen LogP contribution in [-0.2, 0) is 16.6 Å². The summed E-state index contributed by atoms with van der Waals surface area (Å²) < 4.78 is 41.3. The van der Waals surface area contributed by atoms with Crippen molar-refractivity contribution in [3.63, 3.8) is 0 Å². The van der Waals surface area contributed by atoms with Gasteiger partial charge in [0.1, 0.15) is 5.82 Å². The zero-order chi connectivity index (χ0) is 20.3. The molecule has 0 N–H and O–H groups in total. The van der Waals surface area contributed by atoms with Crippen molar-refractivity contribution >= 4 is 15.9 Å². The van der Waals surface area contributed by atoms with Crippen molar-refractivity contribution < 1.29 is 17.6 Å². The first kappa shape index (κ1) is 20.5. The van der Waals surface area contributed by atoms with E-state index >= 15 is 0 Å². The fourth-order valence-electron chi connectivity index (χ4n) is 3.23. The van der Waals surface area contributed by atoms with Crippen LogP contribution in [0.1, 0.15) is 42.6 Å². The second-order valence-corrected chi connectivity index (χ2v) is 8.82. The minimum absolute atomic E-state index is 0.0589. The second-order valence-electron chi connectivity index (χ2n) is 6.88. The highest BCUT2D eigenvalue weighted by Gasteiger charge is 2.35. The minimum atomic E-state index is -3.77. The summed E-state index contributed by atoms with van der Waals surface area (Å²) in [6.45, 7) is 4.47. The van der Waals surface area contributed by atoms with Crippen LogP contribution in [0.25, 0.3) is 0 Å². The summed E-state index contributed by atoms with van der Waals surface area (Å²) in [6, 6.07) is 13.0.